The molecule has 74 valence electrons. The van der Waals surface area contributed by atoms with Crippen molar-refractivity contribution in [3.05, 3.63) is 29.3 Å². The van der Waals surface area contributed by atoms with Gasteiger partial charge in [-0.15, -0.1) is 0 Å². The van der Waals surface area contributed by atoms with Crippen LogP contribution in [0.25, 0.3) is 0 Å². The first-order valence-corrected chi connectivity index (χ1v) is 3.82. The molecule has 0 heterocycles. The van der Waals surface area contributed by atoms with Crippen LogP contribution in [0.15, 0.2) is 12.1 Å². The van der Waals surface area contributed by atoms with Gasteiger partial charge in [0.2, 0.25) is 5.82 Å². The lowest BCUT2D eigenvalue weighted by Gasteiger charge is -2.02. The van der Waals surface area contributed by atoms with E-state index in [1.54, 1.807) is 0 Å². The SMILES string of the molecule is COc1ccc(C#CCO)c(F)c1F. The first-order chi connectivity index (χ1) is 6.70. The predicted molar refractivity (Wildman–Crippen MR) is 46.9 cm³/mol. The number of aliphatic hydroxyl groups is 1. The largest absolute Gasteiger partial charge is 0.494 e. The van der Waals surface area contributed by atoms with Gasteiger partial charge in [-0.05, 0) is 12.1 Å². The van der Waals surface area contributed by atoms with E-state index in [1.807, 2.05) is 0 Å². The molecule has 0 atom stereocenters. The van der Waals surface area contributed by atoms with Crippen molar-refractivity contribution in [2.75, 3.05) is 13.7 Å². The van der Waals surface area contributed by atoms with E-state index in [0.29, 0.717) is 0 Å². The topological polar surface area (TPSA) is 29.5 Å². The van der Waals surface area contributed by atoms with E-state index < -0.39 is 18.2 Å². The van der Waals surface area contributed by atoms with Crippen molar-refractivity contribution < 1.29 is 18.6 Å². The average molecular weight is 198 g/mol. The third-order valence-electron chi connectivity index (χ3n) is 1.57. The van der Waals surface area contributed by atoms with Crippen LogP contribution < -0.4 is 4.74 Å². The summed E-state index contributed by atoms with van der Waals surface area (Å²) in [5, 5.41) is 8.37. The van der Waals surface area contributed by atoms with Crippen LogP contribution in [0.2, 0.25) is 0 Å². The molecule has 4 heteroatoms. The molecule has 0 spiro atoms. The molecule has 14 heavy (non-hydrogen) atoms. The summed E-state index contributed by atoms with van der Waals surface area (Å²) in [6.07, 6.45) is 0. The van der Waals surface area contributed by atoms with Crippen molar-refractivity contribution >= 4 is 0 Å². The Morgan fingerprint density at radius 3 is 2.64 bits per heavy atom. The van der Waals surface area contributed by atoms with Gasteiger partial charge in [-0.2, -0.15) is 4.39 Å². The van der Waals surface area contributed by atoms with Crippen molar-refractivity contribution in [2.24, 2.45) is 0 Å². The maximum atomic E-state index is 13.1. The maximum Gasteiger partial charge on any atom is 0.201 e. The summed E-state index contributed by atoms with van der Waals surface area (Å²) in [4.78, 5) is 0. The highest BCUT2D eigenvalue weighted by molar-refractivity contribution is 5.40. The van der Waals surface area contributed by atoms with Gasteiger partial charge in [0.15, 0.2) is 11.6 Å². The monoisotopic (exact) mass is 198 g/mol. The summed E-state index contributed by atoms with van der Waals surface area (Å²) in [5.41, 5.74) is -0.0997. The van der Waals surface area contributed by atoms with Crippen molar-refractivity contribution in [2.45, 2.75) is 0 Å². The third kappa shape index (κ3) is 2.01. The van der Waals surface area contributed by atoms with Crippen LogP contribution in [0.4, 0.5) is 8.78 Å². The van der Waals surface area contributed by atoms with Crippen LogP contribution in [0.5, 0.6) is 5.75 Å². The second kappa shape index (κ2) is 4.58. The zero-order valence-corrected chi connectivity index (χ0v) is 7.47. The molecular weight excluding hydrogens is 190 g/mol. The van der Waals surface area contributed by atoms with Crippen molar-refractivity contribution in [3.63, 3.8) is 0 Å². The number of ether oxygens (including phenoxy) is 1. The molecule has 0 saturated heterocycles. The van der Waals surface area contributed by atoms with Crippen molar-refractivity contribution in [3.8, 4) is 17.6 Å². The Kier molecular flexibility index (Phi) is 3.43. The molecule has 0 radical (unpaired) electrons. The molecule has 1 aromatic carbocycles. The Labute approximate surface area is 80.1 Å². The van der Waals surface area contributed by atoms with Crippen molar-refractivity contribution in [1.29, 1.82) is 0 Å². The van der Waals surface area contributed by atoms with E-state index in [2.05, 4.69) is 16.6 Å². The van der Waals surface area contributed by atoms with Gasteiger partial charge < -0.3 is 9.84 Å². The molecular formula is C10H8F2O2. The van der Waals surface area contributed by atoms with E-state index >= 15 is 0 Å². The summed E-state index contributed by atoms with van der Waals surface area (Å²) in [6.45, 7) is -0.396. The number of rotatable bonds is 1. The lowest BCUT2D eigenvalue weighted by molar-refractivity contribution is 0.350. The highest BCUT2D eigenvalue weighted by atomic mass is 19.2. The normalized spacial score (nSPS) is 9.14. The van der Waals surface area contributed by atoms with E-state index in [1.165, 1.54) is 19.2 Å². The van der Waals surface area contributed by atoms with Gasteiger partial charge in [0, 0.05) is 0 Å². The van der Waals surface area contributed by atoms with Gasteiger partial charge in [0.25, 0.3) is 0 Å². The van der Waals surface area contributed by atoms with E-state index in [9.17, 15) is 8.78 Å². The second-order valence-electron chi connectivity index (χ2n) is 2.40. The molecule has 0 bridgehead atoms. The van der Waals surface area contributed by atoms with Crippen LogP contribution in [-0.4, -0.2) is 18.8 Å². The Morgan fingerprint density at radius 2 is 2.07 bits per heavy atom. The molecule has 0 aliphatic heterocycles. The number of hydrogen-bond acceptors (Lipinski definition) is 2. The third-order valence-corrected chi connectivity index (χ3v) is 1.57. The zero-order chi connectivity index (χ0) is 10.6. The first-order valence-electron chi connectivity index (χ1n) is 3.82. The van der Waals surface area contributed by atoms with Gasteiger partial charge in [0.1, 0.15) is 6.61 Å². The standard InChI is InChI=1S/C10H8F2O2/c1-14-8-5-4-7(3-2-6-13)9(11)10(8)12/h4-5,13H,6H2,1H3. The number of methoxy groups -OCH3 is 1. The van der Waals surface area contributed by atoms with Gasteiger partial charge in [-0.25, -0.2) is 4.39 Å². The quantitative estimate of drug-likeness (QED) is 0.689. The molecule has 1 rings (SSSR count). The Bertz CT molecular complexity index is 391. The van der Waals surface area contributed by atoms with E-state index in [0.717, 1.165) is 0 Å². The summed E-state index contributed by atoms with van der Waals surface area (Å²) >= 11 is 0. The average Bonchev–Trinajstić information content (AvgIpc) is 2.20. The molecule has 1 aromatic rings. The van der Waals surface area contributed by atoms with Gasteiger partial charge in [0.05, 0.1) is 12.7 Å². The van der Waals surface area contributed by atoms with E-state index in [4.69, 9.17) is 5.11 Å². The minimum atomic E-state index is -1.07. The lowest BCUT2D eigenvalue weighted by atomic mass is 10.2. The molecule has 0 fully saturated rings. The summed E-state index contributed by atoms with van der Waals surface area (Å²) in [6, 6.07) is 2.57. The van der Waals surface area contributed by atoms with Gasteiger partial charge in [-0.1, -0.05) is 11.8 Å². The highest BCUT2D eigenvalue weighted by Crippen LogP contribution is 2.21. The minimum absolute atomic E-state index is 0.0997. The summed E-state index contributed by atoms with van der Waals surface area (Å²) < 4.78 is 30.8. The number of aliphatic hydroxyl groups excluding tert-OH is 1. The van der Waals surface area contributed by atoms with Crippen LogP contribution in [0, 0.1) is 23.5 Å². The smallest absolute Gasteiger partial charge is 0.201 e. The zero-order valence-electron chi connectivity index (χ0n) is 7.47. The number of benzene rings is 1. The fourth-order valence-corrected chi connectivity index (χ4v) is 0.921. The van der Waals surface area contributed by atoms with Crippen molar-refractivity contribution in [1.82, 2.24) is 0 Å². The molecule has 0 saturated carbocycles. The molecule has 0 aliphatic rings. The molecule has 1 N–H and O–H groups in total. The molecule has 0 aromatic heterocycles. The molecule has 0 unspecified atom stereocenters. The first kappa shape index (κ1) is 10.5. The number of halogens is 2. The fraction of sp³-hybridized carbons (Fsp3) is 0.200. The molecule has 2 nitrogen and oxygen atoms in total. The summed E-state index contributed by atoms with van der Waals surface area (Å²) in [5.74, 6) is 2.21. The molecule has 0 aliphatic carbocycles. The van der Waals surface area contributed by atoms with Crippen LogP contribution >= 0.6 is 0 Å². The van der Waals surface area contributed by atoms with Crippen LogP contribution in [0.1, 0.15) is 5.56 Å². The lowest BCUT2D eigenvalue weighted by Crippen LogP contribution is -1.95. The van der Waals surface area contributed by atoms with Crippen LogP contribution in [0.3, 0.4) is 0 Å². The Morgan fingerprint density at radius 1 is 1.36 bits per heavy atom. The Hall–Kier alpha value is -1.60. The summed E-state index contributed by atoms with van der Waals surface area (Å²) in [7, 11) is 1.25. The maximum absolute atomic E-state index is 13.1. The minimum Gasteiger partial charge on any atom is -0.494 e. The molecule has 0 amide bonds. The highest BCUT2D eigenvalue weighted by Gasteiger charge is 2.11. The fourth-order valence-electron chi connectivity index (χ4n) is 0.921. The number of hydrogen-bond donors (Lipinski definition) is 1. The van der Waals surface area contributed by atoms with Crippen LogP contribution in [-0.2, 0) is 0 Å². The van der Waals surface area contributed by atoms with Gasteiger partial charge >= 0.3 is 0 Å². The predicted octanol–water partition coefficient (Wildman–Crippen LogP) is 1.32. The van der Waals surface area contributed by atoms with Gasteiger partial charge in [-0.3, -0.25) is 0 Å². The van der Waals surface area contributed by atoms with E-state index in [-0.39, 0.29) is 11.3 Å². The second-order valence-corrected chi connectivity index (χ2v) is 2.40. The Balaban J connectivity index is 3.17.